The summed E-state index contributed by atoms with van der Waals surface area (Å²) >= 11 is 6.39. The summed E-state index contributed by atoms with van der Waals surface area (Å²) in [5, 5.41) is 2.22. The molecule has 172 valence electrons. The molecule has 0 aliphatic heterocycles. The first kappa shape index (κ1) is 24.3. The van der Waals surface area contributed by atoms with Crippen molar-refractivity contribution in [3.05, 3.63) is 64.2 Å². The third kappa shape index (κ3) is 4.84. The zero-order valence-electron chi connectivity index (χ0n) is 19.2. The molecule has 6 nitrogen and oxygen atoms in total. The summed E-state index contributed by atoms with van der Waals surface area (Å²) in [6.07, 6.45) is 2.47. The van der Waals surface area contributed by atoms with Crippen molar-refractivity contribution in [3.63, 3.8) is 0 Å². The number of carbonyl (C=O) groups excluding carboxylic acids is 1. The van der Waals surface area contributed by atoms with Crippen LogP contribution in [0.3, 0.4) is 0 Å². The predicted molar refractivity (Wildman–Crippen MR) is 130 cm³/mol. The lowest BCUT2D eigenvalue weighted by atomic mass is 10.00. The Morgan fingerprint density at radius 2 is 1.78 bits per heavy atom. The summed E-state index contributed by atoms with van der Waals surface area (Å²) in [6.45, 7) is 9.10. The van der Waals surface area contributed by atoms with Crippen molar-refractivity contribution in [1.29, 1.82) is 0 Å². The molecule has 0 unspecified atom stereocenters. The minimum absolute atomic E-state index is 0.00845. The predicted octanol–water partition coefficient (Wildman–Crippen LogP) is 5.25. The maximum absolute atomic E-state index is 13.1. The van der Waals surface area contributed by atoms with Gasteiger partial charge in [-0.1, -0.05) is 61.3 Å². The average Bonchev–Trinajstić information content (AvgIpc) is 3.02. The lowest BCUT2D eigenvalue weighted by Crippen LogP contribution is -2.43. The second-order valence-corrected chi connectivity index (χ2v) is 11.8. The molecule has 32 heavy (non-hydrogen) atoms. The number of benzene rings is 2. The Labute approximate surface area is 195 Å². The quantitative estimate of drug-likeness (QED) is 0.506. The summed E-state index contributed by atoms with van der Waals surface area (Å²) in [5.74, 6) is -0.101. The zero-order chi connectivity index (χ0) is 23.7. The van der Waals surface area contributed by atoms with Gasteiger partial charge >= 0.3 is 0 Å². The minimum Gasteiger partial charge on any atom is -0.318 e. The number of halogens is 1. The fourth-order valence-corrected chi connectivity index (χ4v) is 4.46. The Hall–Kier alpha value is -2.38. The van der Waals surface area contributed by atoms with Crippen LogP contribution >= 0.6 is 11.6 Å². The largest absolute Gasteiger partial charge is 0.318 e. The van der Waals surface area contributed by atoms with Crippen LogP contribution < -0.4 is 4.72 Å². The van der Waals surface area contributed by atoms with E-state index < -0.39 is 20.7 Å². The van der Waals surface area contributed by atoms with Gasteiger partial charge in [0, 0.05) is 6.42 Å². The van der Waals surface area contributed by atoms with Crippen molar-refractivity contribution < 1.29 is 13.2 Å². The highest BCUT2D eigenvalue weighted by atomic mass is 35.5. The van der Waals surface area contributed by atoms with E-state index in [2.05, 4.69) is 29.6 Å². The van der Waals surface area contributed by atoms with E-state index in [0.717, 1.165) is 34.7 Å². The summed E-state index contributed by atoms with van der Waals surface area (Å²) in [4.78, 5) is 17.5. The Kier molecular flexibility index (Phi) is 7.00. The molecule has 2 aromatic carbocycles. The van der Waals surface area contributed by atoms with Crippen molar-refractivity contribution in [1.82, 2.24) is 14.3 Å². The number of hydrogen-bond acceptors (Lipinski definition) is 4. The molecule has 0 spiro atoms. The molecule has 0 aliphatic rings. The average molecular weight is 476 g/mol. The molecular formula is C24H30ClN3O3S. The number of fused-ring (bicyclic) bond motifs is 1. The van der Waals surface area contributed by atoms with Gasteiger partial charge in [-0.15, -0.1) is 0 Å². The van der Waals surface area contributed by atoms with Crippen LogP contribution in [0.25, 0.3) is 10.8 Å². The second kappa shape index (κ2) is 9.24. The van der Waals surface area contributed by atoms with Crippen molar-refractivity contribution in [3.8, 4) is 0 Å². The monoisotopic (exact) mass is 475 g/mol. The third-order valence-electron chi connectivity index (χ3n) is 5.57. The number of imidazole rings is 1. The van der Waals surface area contributed by atoms with E-state index in [-0.39, 0.29) is 10.8 Å². The first-order valence-electron chi connectivity index (χ1n) is 10.7. The molecule has 8 heteroatoms. The molecule has 1 amide bonds. The van der Waals surface area contributed by atoms with Crippen LogP contribution in [0.4, 0.5) is 0 Å². The van der Waals surface area contributed by atoms with Crippen molar-refractivity contribution in [2.45, 2.75) is 65.2 Å². The van der Waals surface area contributed by atoms with E-state index >= 15 is 0 Å². The first-order valence-corrected chi connectivity index (χ1v) is 12.6. The Balaban J connectivity index is 2.11. The molecule has 3 aromatic rings. The van der Waals surface area contributed by atoms with Gasteiger partial charge in [-0.25, -0.2) is 18.1 Å². The molecule has 0 saturated carbocycles. The molecule has 3 rings (SSSR count). The third-order valence-corrected chi connectivity index (χ3v) is 7.90. The fraction of sp³-hybridized carbons (Fsp3) is 0.417. The standard InChI is InChI=1S/C24H30ClN3O3S/c1-6-7-12-20-26-22(25)21(23(29)27-32(30,31)24(3,4)5)28(20)15-17-14-13-16(2)18-10-8-9-11-19(17)18/h8-11,13-14H,6-7,12,15H2,1-5H3,(H,27,29). The number of rotatable bonds is 7. The number of unbranched alkanes of at least 4 members (excludes halogenated alkanes) is 1. The molecule has 1 heterocycles. The van der Waals surface area contributed by atoms with Gasteiger partial charge in [-0.2, -0.15) is 0 Å². The Bertz CT molecular complexity index is 1260. The number of aryl methyl sites for hydroxylation is 2. The number of nitrogens with one attached hydrogen (secondary N) is 1. The SMILES string of the molecule is CCCCc1nc(Cl)c(C(=O)NS(=O)(=O)C(C)(C)C)n1Cc1ccc(C)c2ccccc12. The van der Waals surface area contributed by atoms with Gasteiger partial charge in [0.15, 0.2) is 5.15 Å². The summed E-state index contributed by atoms with van der Waals surface area (Å²) in [5.41, 5.74) is 2.23. The Morgan fingerprint density at radius 1 is 1.12 bits per heavy atom. The van der Waals surface area contributed by atoms with Gasteiger partial charge in [0.05, 0.1) is 11.3 Å². The number of carbonyl (C=O) groups is 1. The molecule has 0 atom stereocenters. The van der Waals surface area contributed by atoms with E-state index in [0.29, 0.717) is 18.8 Å². The fourth-order valence-electron chi connectivity index (χ4n) is 3.52. The van der Waals surface area contributed by atoms with Crippen LogP contribution in [0.5, 0.6) is 0 Å². The number of amides is 1. The minimum atomic E-state index is -3.90. The van der Waals surface area contributed by atoms with Crippen LogP contribution in [0.2, 0.25) is 5.15 Å². The van der Waals surface area contributed by atoms with E-state index in [1.807, 2.05) is 30.3 Å². The van der Waals surface area contributed by atoms with E-state index in [1.165, 1.54) is 20.8 Å². The zero-order valence-corrected chi connectivity index (χ0v) is 20.8. The molecule has 1 N–H and O–H groups in total. The topological polar surface area (TPSA) is 81.1 Å². The van der Waals surface area contributed by atoms with Crippen LogP contribution in [-0.2, 0) is 23.0 Å². The van der Waals surface area contributed by atoms with Crippen LogP contribution in [0, 0.1) is 6.92 Å². The van der Waals surface area contributed by atoms with Crippen molar-refractivity contribution in [2.75, 3.05) is 0 Å². The molecule has 0 radical (unpaired) electrons. The highest BCUT2D eigenvalue weighted by molar-refractivity contribution is 7.91. The highest BCUT2D eigenvalue weighted by Gasteiger charge is 2.33. The second-order valence-electron chi connectivity index (χ2n) is 8.99. The molecule has 0 aliphatic carbocycles. The van der Waals surface area contributed by atoms with E-state index in [1.54, 1.807) is 4.57 Å². The molecule has 0 saturated heterocycles. The summed E-state index contributed by atoms with van der Waals surface area (Å²) in [7, 11) is -3.90. The van der Waals surface area contributed by atoms with Gasteiger partial charge in [0.25, 0.3) is 5.91 Å². The maximum atomic E-state index is 13.1. The number of hydrogen-bond donors (Lipinski definition) is 1. The first-order chi connectivity index (χ1) is 15.0. The highest BCUT2D eigenvalue weighted by Crippen LogP contribution is 2.27. The normalized spacial score (nSPS) is 12.3. The molecule has 0 fully saturated rings. The van der Waals surface area contributed by atoms with Gasteiger partial charge in [0.1, 0.15) is 11.5 Å². The van der Waals surface area contributed by atoms with Crippen LogP contribution in [-0.4, -0.2) is 28.6 Å². The van der Waals surface area contributed by atoms with Gasteiger partial charge < -0.3 is 4.57 Å². The van der Waals surface area contributed by atoms with E-state index in [4.69, 9.17) is 11.6 Å². The number of nitrogens with zero attached hydrogens (tertiary/aromatic N) is 2. The lowest BCUT2D eigenvalue weighted by molar-refractivity contribution is 0.0971. The van der Waals surface area contributed by atoms with Gasteiger partial charge in [0.2, 0.25) is 10.0 Å². The van der Waals surface area contributed by atoms with Crippen LogP contribution in [0.15, 0.2) is 36.4 Å². The van der Waals surface area contributed by atoms with Gasteiger partial charge in [-0.3, -0.25) is 4.79 Å². The van der Waals surface area contributed by atoms with E-state index in [9.17, 15) is 13.2 Å². The molecule has 0 bridgehead atoms. The molecule has 1 aromatic heterocycles. The van der Waals surface area contributed by atoms with Crippen molar-refractivity contribution in [2.24, 2.45) is 0 Å². The van der Waals surface area contributed by atoms with Crippen LogP contribution in [0.1, 0.15) is 68.0 Å². The lowest BCUT2D eigenvalue weighted by Gasteiger charge is -2.20. The number of sulfonamides is 1. The maximum Gasteiger partial charge on any atom is 0.284 e. The van der Waals surface area contributed by atoms with Gasteiger partial charge in [-0.05, 0) is 56.0 Å². The Morgan fingerprint density at radius 3 is 2.41 bits per heavy atom. The molecular weight excluding hydrogens is 446 g/mol. The smallest absolute Gasteiger partial charge is 0.284 e. The summed E-state index contributed by atoms with van der Waals surface area (Å²) in [6, 6.07) is 12.2. The summed E-state index contributed by atoms with van der Waals surface area (Å²) < 4.78 is 28.0. The van der Waals surface area contributed by atoms with Crippen molar-refractivity contribution >= 4 is 38.3 Å². The number of aromatic nitrogens is 2.